The topological polar surface area (TPSA) is 98.0 Å². The Hall–Kier alpha value is -3.98. The molecule has 0 radical (unpaired) electrons. The number of rotatable bonds is 16. The van der Waals surface area contributed by atoms with Crippen LogP contribution in [0.2, 0.25) is 0 Å². The van der Waals surface area contributed by atoms with Crippen molar-refractivity contribution in [1.82, 2.24) is 24.8 Å². The Bertz CT molecular complexity index is 1230. The van der Waals surface area contributed by atoms with Gasteiger partial charge in [0.15, 0.2) is 0 Å². The lowest BCUT2D eigenvalue weighted by atomic mass is 10.1. The Labute approximate surface area is 236 Å². The second-order valence-electron chi connectivity index (χ2n) is 9.78. The Kier molecular flexibility index (Phi) is 11.8. The van der Waals surface area contributed by atoms with Crippen LogP contribution in [0, 0.1) is 0 Å². The molecule has 0 bridgehead atoms. The third-order valence-corrected chi connectivity index (χ3v) is 6.60. The van der Waals surface area contributed by atoms with Gasteiger partial charge in [-0.2, -0.15) is 0 Å². The molecule has 208 valence electrons. The summed E-state index contributed by atoms with van der Waals surface area (Å²) in [4.78, 5) is 22.7. The van der Waals surface area contributed by atoms with E-state index in [9.17, 15) is 10.2 Å². The van der Waals surface area contributed by atoms with E-state index in [4.69, 9.17) is 0 Å². The zero-order valence-electron chi connectivity index (χ0n) is 22.8. The van der Waals surface area contributed by atoms with Gasteiger partial charge in [0.2, 0.25) is 0 Å². The average Bonchev–Trinajstić information content (AvgIpc) is 2.99. The lowest BCUT2D eigenvalue weighted by Crippen LogP contribution is -2.36. The van der Waals surface area contributed by atoms with E-state index in [1.165, 1.54) is 0 Å². The summed E-state index contributed by atoms with van der Waals surface area (Å²) in [5.74, 6) is 0.206. The number of aromatic hydroxyl groups is 1. The minimum Gasteiger partial charge on any atom is -0.507 e. The first-order chi connectivity index (χ1) is 19.7. The molecule has 0 aliphatic rings. The van der Waals surface area contributed by atoms with E-state index >= 15 is 0 Å². The van der Waals surface area contributed by atoms with Crippen molar-refractivity contribution in [2.75, 3.05) is 26.2 Å². The second kappa shape index (κ2) is 16.2. The van der Waals surface area contributed by atoms with E-state index in [-0.39, 0.29) is 5.75 Å². The molecular formula is C32H38N6O2. The number of aliphatic imine (C=N–C) groups is 1. The summed E-state index contributed by atoms with van der Waals surface area (Å²) in [6.45, 7) is 5.04. The van der Waals surface area contributed by atoms with Gasteiger partial charge in [0.25, 0.3) is 0 Å². The quantitative estimate of drug-likeness (QED) is 0.205. The number of phenols is 1. The van der Waals surface area contributed by atoms with E-state index in [2.05, 4.69) is 41.9 Å². The van der Waals surface area contributed by atoms with Crippen molar-refractivity contribution in [3.63, 3.8) is 0 Å². The second-order valence-corrected chi connectivity index (χ2v) is 9.78. The van der Waals surface area contributed by atoms with Crippen molar-refractivity contribution < 1.29 is 10.2 Å². The zero-order chi connectivity index (χ0) is 27.8. The van der Waals surface area contributed by atoms with Gasteiger partial charge in [0.05, 0.1) is 23.2 Å². The molecule has 0 saturated carbocycles. The van der Waals surface area contributed by atoms with Crippen LogP contribution in [-0.4, -0.2) is 73.5 Å². The lowest BCUT2D eigenvalue weighted by Gasteiger charge is -2.28. The maximum Gasteiger partial charge on any atom is 0.124 e. The van der Waals surface area contributed by atoms with E-state index < -0.39 is 6.10 Å². The highest BCUT2D eigenvalue weighted by Crippen LogP contribution is 2.13. The molecule has 0 aliphatic heterocycles. The van der Waals surface area contributed by atoms with Crippen LogP contribution in [0.4, 0.5) is 0 Å². The van der Waals surface area contributed by atoms with Gasteiger partial charge >= 0.3 is 0 Å². The predicted octanol–water partition coefficient (Wildman–Crippen LogP) is 4.34. The third-order valence-electron chi connectivity index (χ3n) is 6.60. The number of hydrogen-bond acceptors (Lipinski definition) is 8. The van der Waals surface area contributed by atoms with E-state index in [0.29, 0.717) is 31.5 Å². The van der Waals surface area contributed by atoms with Crippen molar-refractivity contribution >= 4 is 6.21 Å². The first-order valence-corrected chi connectivity index (χ1v) is 13.8. The normalized spacial score (nSPS) is 12.4. The van der Waals surface area contributed by atoms with Gasteiger partial charge in [-0.15, -0.1) is 0 Å². The highest BCUT2D eigenvalue weighted by molar-refractivity contribution is 5.83. The van der Waals surface area contributed by atoms with E-state index in [1.807, 2.05) is 73.2 Å². The standard InChI is InChI=1S/C32H38N6O2/c39-31(14-19-33-23-27-9-1-2-13-32(27)40)15-20-37(24-28-10-3-6-16-34-28)21-22-38(25-29-11-4-7-17-35-29)26-30-12-5-8-18-36-30/h1-13,16-18,23,31,39-40H,14-15,19-22,24-26H2. The lowest BCUT2D eigenvalue weighted by molar-refractivity contribution is 0.123. The molecule has 2 N–H and O–H groups in total. The molecule has 4 aromatic rings. The van der Waals surface area contributed by atoms with Gasteiger partial charge in [0, 0.05) is 76.2 Å². The molecule has 8 nitrogen and oxygen atoms in total. The fraction of sp³-hybridized carbons (Fsp3) is 0.312. The van der Waals surface area contributed by atoms with Crippen LogP contribution in [0.15, 0.2) is 102 Å². The molecule has 0 saturated heterocycles. The average molecular weight is 539 g/mol. The SMILES string of the molecule is Oc1ccccc1C=NCCC(O)CCN(CCN(Cc1ccccn1)Cc1ccccn1)Cc1ccccn1. The predicted molar refractivity (Wildman–Crippen MR) is 158 cm³/mol. The minimum absolute atomic E-state index is 0.206. The third kappa shape index (κ3) is 10.3. The molecule has 3 heterocycles. The molecule has 0 fully saturated rings. The summed E-state index contributed by atoms with van der Waals surface area (Å²) in [5.41, 5.74) is 3.73. The first kappa shape index (κ1) is 29.0. The number of aliphatic hydroxyl groups is 1. The minimum atomic E-state index is -0.467. The molecule has 8 heteroatoms. The van der Waals surface area contributed by atoms with Crippen molar-refractivity contribution in [2.24, 2.45) is 4.99 Å². The summed E-state index contributed by atoms with van der Waals surface area (Å²) in [6, 6.07) is 25.1. The van der Waals surface area contributed by atoms with Gasteiger partial charge in [-0.25, -0.2) is 0 Å². The van der Waals surface area contributed by atoms with Crippen LogP contribution in [-0.2, 0) is 19.6 Å². The Morgan fingerprint density at radius 1 is 0.650 bits per heavy atom. The molecule has 1 aromatic carbocycles. The number of hydrogen-bond donors (Lipinski definition) is 2. The number of phenolic OH excluding ortho intramolecular Hbond substituents is 1. The summed E-state index contributed by atoms with van der Waals surface area (Å²) in [6.07, 6.45) is 7.87. The number of aromatic nitrogens is 3. The fourth-order valence-electron chi connectivity index (χ4n) is 4.39. The number of aliphatic hydroxyl groups excluding tert-OH is 1. The highest BCUT2D eigenvalue weighted by atomic mass is 16.3. The van der Waals surface area contributed by atoms with Crippen LogP contribution < -0.4 is 0 Å². The van der Waals surface area contributed by atoms with Gasteiger partial charge in [0.1, 0.15) is 5.75 Å². The zero-order valence-corrected chi connectivity index (χ0v) is 22.8. The summed E-state index contributed by atoms with van der Waals surface area (Å²) in [7, 11) is 0. The van der Waals surface area contributed by atoms with Gasteiger partial charge in [-0.05, 0) is 61.4 Å². The maximum atomic E-state index is 10.7. The molecule has 3 aromatic heterocycles. The van der Waals surface area contributed by atoms with Crippen molar-refractivity contribution in [1.29, 1.82) is 0 Å². The van der Waals surface area contributed by atoms with E-state index in [0.717, 1.165) is 49.8 Å². The van der Waals surface area contributed by atoms with Crippen molar-refractivity contribution in [3.8, 4) is 5.75 Å². The van der Waals surface area contributed by atoms with Crippen LogP contribution >= 0.6 is 0 Å². The van der Waals surface area contributed by atoms with Crippen LogP contribution in [0.3, 0.4) is 0 Å². The summed E-state index contributed by atoms with van der Waals surface area (Å²) < 4.78 is 0. The molecule has 4 rings (SSSR count). The van der Waals surface area contributed by atoms with Gasteiger partial charge in [-0.1, -0.05) is 30.3 Å². The van der Waals surface area contributed by atoms with Crippen LogP contribution in [0.25, 0.3) is 0 Å². The fourth-order valence-corrected chi connectivity index (χ4v) is 4.39. The first-order valence-electron chi connectivity index (χ1n) is 13.8. The van der Waals surface area contributed by atoms with Gasteiger partial charge in [-0.3, -0.25) is 29.7 Å². The highest BCUT2D eigenvalue weighted by Gasteiger charge is 2.15. The Balaban J connectivity index is 1.34. The molecule has 1 unspecified atom stereocenters. The van der Waals surface area contributed by atoms with Crippen molar-refractivity contribution in [2.45, 2.75) is 38.6 Å². The summed E-state index contributed by atoms with van der Waals surface area (Å²) >= 11 is 0. The molecule has 0 amide bonds. The maximum absolute atomic E-state index is 10.7. The number of pyridine rings is 3. The molecular weight excluding hydrogens is 500 g/mol. The summed E-state index contributed by atoms with van der Waals surface area (Å²) in [5, 5.41) is 20.6. The number of benzene rings is 1. The smallest absolute Gasteiger partial charge is 0.124 e. The number of para-hydroxylation sites is 1. The largest absolute Gasteiger partial charge is 0.507 e. The molecule has 40 heavy (non-hydrogen) atoms. The van der Waals surface area contributed by atoms with Crippen LogP contribution in [0.5, 0.6) is 5.75 Å². The van der Waals surface area contributed by atoms with Gasteiger partial charge < -0.3 is 10.2 Å². The molecule has 1 atom stereocenters. The Morgan fingerprint density at radius 3 is 1.73 bits per heavy atom. The van der Waals surface area contributed by atoms with E-state index in [1.54, 1.807) is 18.3 Å². The monoisotopic (exact) mass is 538 g/mol. The van der Waals surface area contributed by atoms with Crippen LogP contribution in [0.1, 0.15) is 35.5 Å². The van der Waals surface area contributed by atoms with Crippen molar-refractivity contribution in [3.05, 3.63) is 120 Å². The Morgan fingerprint density at radius 2 is 1.18 bits per heavy atom. The number of nitrogens with zero attached hydrogens (tertiary/aromatic N) is 6. The molecule has 0 aliphatic carbocycles. The molecule has 0 spiro atoms.